The Hall–Kier alpha value is -2.71. The summed E-state index contributed by atoms with van der Waals surface area (Å²) in [6, 6.07) is 13.6. The van der Waals surface area contributed by atoms with Crippen molar-refractivity contribution in [3.63, 3.8) is 0 Å². The van der Waals surface area contributed by atoms with E-state index in [0.717, 1.165) is 11.1 Å². The molecule has 0 bridgehead atoms. The summed E-state index contributed by atoms with van der Waals surface area (Å²) >= 11 is 0. The SMILES string of the molecule is Cc1ccc(C(=O)NCC(=O)N2CCC(NS(=O)(=O)c3ccc(C)cc3)CC2)cc1. The van der Waals surface area contributed by atoms with Gasteiger partial charge in [0, 0.05) is 24.7 Å². The Morgan fingerprint density at radius 2 is 1.47 bits per heavy atom. The van der Waals surface area contributed by atoms with Gasteiger partial charge in [-0.2, -0.15) is 0 Å². The lowest BCUT2D eigenvalue weighted by atomic mass is 10.1. The molecule has 0 spiro atoms. The molecule has 1 saturated heterocycles. The lowest BCUT2D eigenvalue weighted by molar-refractivity contribution is -0.131. The summed E-state index contributed by atoms with van der Waals surface area (Å²) in [7, 11) is -3.58. The number of rotatable bonds is 6. The number of benzene rings is 2. The Labute approximate surface area is 177 Å². The van der Waals surface area contributed by atoms with Gasteiger partial charge in [0.15, 0.2) is 0 Å². The van der Waals surface area contributed by atoms with Gasteiger partial charge in [0.05, 0.1) is 11.4 Å². The molecule has 0 aliphatic carbocycles. The highest BCUT2D eigenvalue weighted by molar-refractivity contribution is 7.89. The predicted octanol–water partition coefficient (Wildman–Crippen LogP) is 2.00. The van der Waals surface area contributed by atoms with Gasteiger partial charge in [-0.3, -0.25) is 9.59 Å². The monoisotopic (exact) mass is 429 g/mol. The van der Waals surface area contributed by atoms with E-state index in [1.807, 2.05) is 26.0 Å². The quantitative estimate of drug-likeness (QED) is 0.734. The van der Waals surface area contributed by atoms with Crippen molar-refractivity contribution in [3.8, 4) is 0 Å². The summed E-state index contributed by atoms with van der Waals surface area (Å²) in [4.78, 5) is 26.5. The van der Waals surface area contributed by atoms with Crippen LogP contribution in [0.25, 0.3) is 0 Å². The van der Waals surface area contributed by atoms with Gasteiger partial charge in [-0.15, -0.1) is 0 Å². The second kappa shape index (κ2) is 9.40. The van der Waals surface area contributed by atoms with Crippen LogP contribution in [-0.4, -0.2) is 50.8 Å². The van der Waals surface area contributed by atoms with Crippen LogP contribution >= 0.6 is 0 Å². The molecule has 0 aromatic heterocycles. The Bertz CT molecular complexity index is 994. The predicted molar refractivity (Wildman–Crippen MR) is 115 cm³/mol. The van der Waals surface area contributed by atoms with Crippen molar-refractivity contribution in [2.45, 2.75) is 37.6 Å². The van der Waals surface area contributed by atoms with Gasteiger partial charge in [0.25, 0.3) is 5.91 Å². The molecule has 0 unspecified atom stereocenters. The number of piperidine rings is 1. The van der Waals surface area contributed by atoms with Crippen LogP contribution in [0.1, 0.15) is 34.3 Å². The minimum Gasteiger partial charge on any atom is -0.343 e. The number of likely N-dealkylation sites (tertiary alicyclic amines) is 1. The van der Waals surface area contributed by atoms with Crippen molar-refractivity contribution >= 4 is 21.8 Å². The van der Waals surface area contributed by atoms with Crippen molar-refractivity contribution < 1.29 is 18.0 Å². The lowest BCUT2D eigenvalue weighted by Crippen LogP contribution is -2.48. The van der Waals surface area contributed by atoms with Crippen molar-refractivity contribution in [3.05, 3.63) is 65.2 Å². The van der Waals surface area contributed by atoms with Gasteiger partial charge in [-0.1, -0.05) is 35.4 Å². The van der Waals surface area contributed by atoms with Crippen molar-refractivity contribution in [2.75, 3.05) is 19.6 Å². The molecule has 2 N–H and O–H groups in total. The standard InChI is InChI=1S/C22H27N3O4S/c1-16-3-7-18(8-4-16)22(27)23-15-21(26)25-13-11-19(12-14-25)24-30(28,29)20-9-5-17(2)6-10-20/h3-10,19,24H,11-15H2,1-2H3,(H,23,27). The van der Waals surface area contributed by atoms with Gasteiger partial charge in [-0.05, 0) is 51.0 Å². The maximum absolute atomic E-state index is 12.5. The molecule has 160 valence electrons. The molecule has 1 fully saturated rings. The molecule has 1 aliphatic heterocycles. The van der Waals surface area contributed by atoms with Gasteiger partial charge < -0.3 is 10.2 Å². The highest BCUT2D eigenvalue weighted by Crippen LogP contribution is 2.16. The maximum Gasteiger partial charge on any atom is 0.251 e. The third-order valence-electron chi connectivity index (χ3n) is 5.21. The van der Waals surface area contributed by atoms with Crippen molar-refractivity contribution in [1.82, 2.24) is 14.9 Å². The van der Waals surface area contributed by atoms with E-state index >= 15 is 0 Å². The van der Waals surface area contributed by atoms with Crippen molar-refractivity contribution in [1.29, 1.82) is 0 Å². The van der Waals surface area contributed by atoms with Crippen LogP contribution in [0.4, 0.5) is 0 Å². The number of nitrogens with one attached hydrogen (secondary N) is 2. The molecule has 0 saturated carbocycles. The minimum absolute atomic E-state index is 0.0769. The zero-order chi connectivity index (χ0) is 21.7. The Kier molecular flexibility index (Phi) is 6.89. The first-order chi connectivity index (χ1) is 14.2. The third kappa shape index (κ3) is 5.67. The fourth-order valence-corrected chi connectivity index (χ4v) is 4.63. The van der Waals surface area contributed by atoms with Crippen LogP contribution in [0.5, 0.6) is 0 Å². The Balaban J connectivity index is 1.46. The molecule has 8 heteroatoms. The highest BCUT2D eigenvalue weighted by Gasteiger charge is 2.26. The van der Waals surface area contributed by atoms with Gasteiger partial charge in [0.1, 0.15) is 0 Å². The summed E-state index contributed by atoms with van der Waals surface area (Å²) in [5.41, 5.74) is 2.57. The van der Waals surface area contributed by atoms with E-state index in [9.17, 15) is 18.0 Å². The average molecular weight is 430 g/mol. The number of carbonyl (C=O) groups is 2. The van der Waals surface area contributed by atoms with E-state index in [0.29, 0.717) is 31.5 Å². The molecule has 1 heterocycles. The van der Waals surface area contributed by atoms with E-state index in [1.54, 1.807) is 41.3 Å². The van der Waals surface area contributed by atoms with Crippen LogP contribution in [-0.2, 0) is 14.8 Å². The first-order valence-corrected chi connectivity index (χ1v) is 11.4. The number of aryl methyl sites for hydroxylation is 2. The Morgan fingerprint density at radius 3 is 2.03 bits per heavy atom. The zero-order valence-corrected chi connectivity index (χ0v) is 18.0. The van der Waals surface area contributed by atoms with Crippen LogP contribution < -0.4 is 10.0 Å². The molecular formula is C22H27N3O4S. The van der Waals surface area contributed by atoms with E-state index in [-0.39, 0.29) is 29.3 Å². The number of nitrogens with zero attached hydrogens (tertiary/aromatic N) is 1. The fourth-order valence-electron chi connectivity index (χ4n) is 3.33. The first kappa shape index (κ1) is 22.0. The number of hydrogen-bond donors (Lipinski definition) is 2. The van der Waals surface area contributed by atoms with Crippen molar-refractivity contribution in [2.24, 2.45) is 0 Å². The molecule has 0 radical (unpaired) electrons. The summed E-state index contributed by atoms with van der Waals surface area (Å²) in [5, 5.41) is 2.65. The van der Waals surface area contributed by atoms with Crippen LogP contribution in [0.3, 0.4) is 0 Å². The van der Waals surface area contributed by atoms with Gasteiger partial charge in [-0.25, -0.2) is 13.1 Å². The fraction of sp³-hybridized carbons (Fsp3) is 0.364. The van der Waals surface area contributed by atoms with Crippen LogP contribution in [0.2, 0.25) is 0 Å². The average Bonchev–Trinajstić information content (AvgIpc) is 2.73. The molecule has 2 aromatic rings. The smallest absolute Gasteiger partial charge is 0.251 e. The largest absolute Gasteiger partial charge is 0.343 e. The summed E-state index contributed by atoms with van der Waals surface area (Å²) in [6.07, 6.45) is 1.06. The molecule has 3 rings (SSSR count). The number of amides is 2. The molecule has 1 aliphatic rings. The van der Waals surface area contributed by atoms with E-state index in [2.05, 4.69) is 10.0 Å². The molecule has 0 atom stereocenters. The van der Waals surface area contributed by atoms with Gasteiger partial charge in [0.2, 0.25) is 15.9 Å². The first-order valence-electron chi connectivity index (χ1n) is 9.96. The second-order valence-corrected chi connectivity index (χ2v) is 9.35. The molecule has 30 heavy (non-hydrogen) atoms. The lowest BCUT2D eigenvalue weighted by Gasteiger charge is -2.32. The second-order valence-electron chi connectivity index (χ2n) is 7.64. The summed E-state index contributed by atoms with van der Waals surface area (Å²) < 4.78 is 27.8. The van der Waals surface area contributed by atoms with E-state index in [1.165, 1.54) is 0 Å². The number of carbonyl (C=O) groups excluding carboxylic acids is 2. The minimum atomic E-state index is -3.58. The molecule has 2 aromatic carbocycles. The number of sulfonamides is 1. The maximum atomic E-state index is 12.5. The normalized spacial score (nSPS) is 15.1. The summed E-state index contributed by atoms with van der Waals surface area (Å²) in [5.74, 6) is -0.459. The van der Waals surface area contributed by atoms with E-state index in [4.69, 9.17) is 0 Å². The third-order valence-corrected chi connectivity index (χ3v) is 6.75. The molecule has 2 amide bonds. The topological polar surface area (TPSA) is 95.6 Å². The number of hydrogen-bond acceptors (Lipinski definition) is 4. The Morgan fingerprint density at radius 1 is 0.933 bits per heavy atom. The van der Waals surface area contributed by atoms with Gasteiger partial charge >= 0.3 is 0 Å². The summed E-state index contributed by atoms with van der Waals surface area (Å²) in [6.45, 7) is 4.66. The molecular weight excluding hydrogens is 402 g/mol. The van der Waals surface area contributed by atoms with E-state index < -0.39 is 10.0 Å². The van der Waals surface area contributed by atoms with Crippen LogP contribution in [0.15, 0.2) is 53.4 Å². The zero-order valence-electron chi connectivity index (χ0n) is 17.2. The molecule has 7 nitrogen and oxygen atoms in total. The van der Waals surface area contributed by atoms with Crippen LogP contribution in [0, 0.1) is 13.8 Å². The highest BCUT2D eigenvalue weighted by atomic mass is 32.2.